The van der Waals surface area contributed by atoms with Crippen LogP contribution in [0.2, 0.25) is 0 Å². The van der Waals surface area contributed by atoms with E-state index >= 15 is 0 Å². The average Bonchev–Trinajstić information content (AvgIpc) is 3.03. The zero-order valence-corrected chi connectivity index (χ0v) is 14.3. The van der Waals surface area contributed by atoms with Crippen LogP contribution in [0, 0.1) is 0 Å². The molecule has 1 fully saturated rings. The molecule has 0 bridgehead atoms. The van der Waals surface area contributed by atoms with Crippen LogP contribution in [0.3, 0.4) is 0 Å². The molecule has 1 aliphatic rings. The SMILES string of the molecule is C=CCCOC(=O)N1CCCN1C(=O)c1ccccc1S(C)(=O)=O. The van der Waals surface area contributed by atoms with E-state index in [1.54, 1.807) is 18.2 Å². The molecule has 1 aromatic rings. The summed E-state index contributed by atoms with van der Waals surface area (Å²) in [4.78, 5) is 24.8. The molecular formula is C16H20N2O5S. The molecule has 0 saturated carbocycles. The lowest BCUT2D eigenvalue weighted by atomic mass is 10.2. The van der Waals surface area contributed by atoms with E-state index in [0.29, 0.717) is 25.9 Å². The van der Waals surface area contributed by atoms with Gasteiger partial charge in [0.2, 0.25) is 0 Å². The van der Waals surface area contributed by atoms with Crippen molar-refractivity contribution in [3.8, 4) is 0 Å². The summed E-state index contributed by atoms with van der Waals surface area (Å²) < 4.78 is 28.8. The van der Waals surface area contributed by atoms with Crippen molar-refractivity contribution >= 4 is 21.8 Å². The molecule has 0 unspecified atom stereocenters. The Morgan fingerprint density at radius 1 is 1.25 bits per heavy atom. The second-order valence-corrected chi connectivity index (χ2v) is 7.35. The molecule has 0 atom stereocenters. The highest BCUT2D eigenvalue weighted by Crippen LogP contribution is 2.21. The minimum Gasteiger partial charge on any atom is -0.448 e. The number of carbonyl (C=O) groups is 2. The first-order valence-corrected chi connectivity index (χ1v) is 9.41. The van der Waals surface area contributed by atoms with Crippen LogP contribution in [0.5, 0.6) is 0 Å². The molecular weight excluding hydrogens is 332 g/mol. The number of benzene rings is 1. The van der Waals surface area contributed by atoms with Gasteiger partial charge in [0.05, 0.1) is 17.1 Å². The zero-order valence-electron chi connectivity index (χ0n) is 13.5. The normalized spacial score (nSPS) is 14.5. The highest BCUT2D eigenvalue weighted by Gasteiger charge is 2.34. The first-order chi connectivity index (χ1) is 11.4. The van der Waals surface area contributed by atoms with Gasteiger partial charge in [-0.05, 0) is 25.0 Å². The van der Waals surface area contributed by atoms with Crippen molar-refractivity contribution in [2.75, 3.05) is 26.0 Å². The van der Waals surface area contributed by atoms with E-state index in [9.17, 15) is 18.0 Å². The maximum absolute atomic E-state index is 12.8. The lowest BCUT2D eigenvalue weighted by Gasteiger charge is -2.27. The number of amides is 2. The fraction of sp³-hybridized carbons (Fsp3) is 0.375. The summed E-state index contributed by atoms with van der Waals surface area (Å²) in [7, 11) is -3.56. The zero-order chi connectivity index (χ0) is 17.7. The molecule has 130 valence electrons. The van der Waals surface area contributed by atoms with E-state index in [4.69, 9.17) is 4.74 Å². The van der Waals surface area contributed by atoms with Gasteiger partial charge in [0, 0.05) is 19.3 Å². The Kier molecular flexibility index (Phi) is 5.61. The van der Waals surface area contributed by atoms with Gasteiger partial charge in [-0.15, -0.1) is 6.58 Å². The minimum atomic E-state index is -3.56. The van der Waals surface area contributed by atoms with Crippen molar-refractivity contribution in [1.29, 1.82) is 0 Å². The van der Waals surface area contributed by atoms with Crippen LogP contribution in [0.15, 0.2) is 41.8 Å². The predicted octanol–water partition coefficient (Wildman–Crippen LogP) is 1.87. The quantitative estimate of drug-likeness (QED) is 0.597. The van der Waals surface area contributed by atoms with E-state index in [0.717, 1.165) is 6.26 Å². The van der Waals surface area contributed by atoms with Crippen molar-refractivity contribution in [2.24, 2.45) is 0 Å². The first-order valence-electron chi connectivity index (χ1n) is 7.52. The van der Waals surface area contributed by atoms with Gasteiger partial charge in [-0.25, -0.2) is 23.2 Å². The summed E-state index contributed by atoms with van der Waals surface area (Å²) in [5.41, 5.74) is 0.0470. The fourth-order valence-corrected chi connectivity index (χ4v) is 3.30. The Morgan fingerprint density at radius 3 is 2.58 bits per heavy atom. The van der Waals surface area contributed by atoms with Gasteiger partial charge < -0.3 is 4.74 Å². The number of nitrogens with zero attached hydrogens (tertiary/aromatic N) is 2. The van der Waals surface area contributed by atoms with Gasteiger partial charge >= 0.3 is 6.09 Å². The van der Waals surface area contributed by atoms with Crippen LogP contribution in [-0.4, -0.2) is 56.4 Å². The summed E-state index contributed by atoms with van der Waals surface area (Å²) in [6.45, 7) is 4.40. The van der Waals surface area contributed by atoms with E-state index < -0.39 is 21.8 Å². The van der Waals surface area contributed by atoms with E-state index in [1.807, 2.05) is 0 Å². The van der Waals surface area contributed by atoms with Crippen molar-refractivity contribution in [1.82, 2.24) is 10.0 Å². The van der Waals surface area contributed by atoms with Crippen molar-refractivity contribution < 1.29 is 22.7 Å². The molecule has 8 heteroatoms. The third kappa shape index (κ3) is 3.94. The smallest absolute Gasteiger partial charge is 0.428 e. The van der Waals surface area contributed by atoms with Crippen LogP contribution in [0.1, 0.15) is 23.2 Å². The lowest BCUT2D eigenvalue weighted by Crippen LogP contribution is -2.45. The van der Waals surface area contributed by atoms with E-state index in [-0.39, 0.29) is 17.1 Å². The van der Waals surface area contributed by atoms with E-state index in [1.165, 1.54) is 22.2 Å². The standard InChI is InChI=1S/C16H20N2O5S/c1-3-4-12-23-16(20)18-11-7-10-17(18)15(19)13-8-5-6-9-14(13)24(2,21)22/h3,5-6,8-9H,1,4,7,10-12H2,2H3. The van der Waals surface area contributed by atoms with Gasteiger partial charge in [-0.1, -0.05) is 18.2 Å². The number of hydrogen-bond donors (Lipinski definition) is 0. The summed E-state index contributed by atoms with van der Waals surface area (Å²) in [6.07, 6.45) is 3.17. The Balaban J connectivity index is 2.23. The summed E-state index contributed by atoms with van der Waals surface area (Å²) >= 11 is 0. The Labute approximate surface area is 141 Å². The number of carbonyl (C=O) groups excluding carboxylic acids is 2. The highest BCUT2D eigenvalue weighted by molar-refractivity contribution is 7.90. The molecule has 0 aromatic heterocycles. The molecule has 1 saturated heterocycles. The Morgan fingerprint density at radius 2 is 1.92 bits per heavy atom. The molecule has 24 heavy (non-hydrogen) atoms. The molecule has 2 amide bonds. The molecule has 0 radical (unpaired) electrons. The van der Waals surface area contributed by atoms with Crippen molar-refractivity contribution in [3.05, 3.63) is 42.5 Å². The van der Waals surface area contributed by atoms with Crippen molar-refractivity contribution in [2.45, 2.75) is 17.7 Å². The summed E-state index contributed by atoms with van der Waals surface area (Å²) in [6, 6.07) is 5.97. The fourth-order valence-electron chi connectivity index (χ4n) is 2.42. The minimum absolute atomic E-state index is 0.0470. The van der Waals surface area contributed by atoms with Crippen LogP contribution >= 0.6 is 0 Å². The molecule has 0 N–H and O–H groups in total. The Bertz CT molecular complexity index is 745. The monoisotopic (exact) mass is 352 g/mol. The maximum atomic E-state index is 12.8. The van der Waals surface area contributed by atoms with E-state index in [2.05, 4.69) is 6.58 Å². The molecule has 7 nitrogen and oxygen atoms in total. The summed E-state index contributed by atoms with van der Waals surface area (Å²) in [5.74, 6) is -0.533. The van der Waals surface area contributed by atoms with Crippen LogP contribution in [0.4, 0.5) is 4.79 Å². The topological polar surface area (TPSA) is 84.0 Å². The number of sulfone groups is 1. The van der Waals surface area contributed by atoms with Gasteiger partial charge in [-0.3, -0.25) is 4.79 Å². The van der Waals surface area contributed by atoms with Gasteiger partial charge in [0.25, 0.3) is 5.91 Å². The molecule has 0 spiro atoms. The highest BCUT2D eigenvalue weighted by atomic mass is 32.2. The van der Waals surface area contributed by atoms with Gasteiger partial charge in [0.1, 0.15) is 0 Å². The molecule has 1 aliphatic heterocycles. The third-order valence-electron chi connectivity index (χ3n) is 3.54. The second kappa shape index (κ2) is 7.48. The van der Waals surface area contributed by atoms with Crippen LogP contribution in [0.25, 0.3) is 0 Å². The summed E-state index contributed by atoms with van der Waals surface area (Å²) in [5, 5.41) is 2.45. The molecule has 1 heterocycles. The second-order valence-electron chi connectivity index (χ2n) is 5.37. The third-order valence-corrected chi connectivity index (χ3v) is 4.70. The lowest BCUT2D eigenvalue weighted by molar-refractivity contribution is 0.0134. The predicted molar refractivity (Wildman–Crippen MR) is 88.1 cm³/mol. The first kappa shape index (κ1) is 18.0. The maximum Gasteiger partial charge on any atom is 0.428 e. The molecule has 2 rings (SSSR count). The molecule has 0 aliphatic carbocycles. The largest absolute Gasteiger partial charge is 0.448 e. The number of rotatable bonds is 5. The van der Waals surface area contributed by atoms with Gasteiger partial charge in [-0.2, -0.15) is 0 Å². The average molecular weight is 352 g/mol. The van der Waals surface area contributed by atoms with Crippen LogP contribution < -0.4 is 0 Å². The van der Waals surface area contributed by atoms with Crippen molar-refractivity contribution in [3.63, 3.8) is 0 Å². The Hall–Kier alpha value is -2.35. The number of ether oxygens (including phenoxy) is 1. The van der Waals surface area contributed by atoms with Crippen LogP contribution in [-0.2, 0) is 14.6 Å². The number of hydrogen-bond acceptors (Lipinski definition) is 5. The van der Waals surface area contributed by atoms with Gasteiger partial charge in [0.15, 0.2) is 9.84 Å². The molecule has 1 aromatic carbocycles. The number of hydrazine groups is 1.